The number of carbonyl (C=O) groups excluding carboxylic acids is 2. The quantitative estimate of drug-likeness (QED) is 0.682. The summed E-state index contributed by atoms with van der Waals surface area (Å²) in [4.78, 5) is 26.0. The third-order valence-corrected chi connectivity index (χ3v) is 4.56. The monoisotopic (exact) mass is 306 g/mol. The number of amides is 2. The molecule has 0 aromatic heterocycles. The van der Waals surface area contributed by atoms with Gasteiger partial charge in [-0.2, -0.15) is 0 Å². The first-order chi connectivity index (χ1) is 9.99. The molecule has 6 heteroatoms. The molecule has 21 heavy (non-hydrogen) atoms. The summed E-state index contributed by atoms with van der Waals surface area (Å²) >= 11 is 4.94. The molecule has 0 radical (unpaired) electrons. The lowest BCUT2D eigenvalue weighted by molar-refractivity contribution is -0.141. The molecule has 2 unspecified atom stereocenters. The van der Waals surface area contributed by atoms with Crippen LogP contribution in [0.15, 0.2) is 18.2 Å². The summed E-state index contributed by atoms with van der Waals surface area (Å²) in [5.74, 6) is -1.13. The van der Waals surface area contributed by atoms with Crippen LogP contribution in [0.1, 0.15) is 30.4 Å². The van der Waals surface area contributed by atoms with Gasteiger partial charge in [0.15, 0.2) is 0 Å². The lowest BCUT2D eigenvalue weighted by Crippen LogP contribution is -2.32. The molecule has 4 nitrogen and oxygen atoms in total. The minimum atomic E-state index is -0.440. The summed E-state index contributed by atoms with van der Waals surface area (Å²) in [5, 5.41) is 0. The van der Waals surface area contributed by atoms with Crippen LogP contribution in [0.25, 0.3) is 0 Å². The molecule has 1 saturated heterocycles. The van der Waals surface area contributed by atoms with Gasteiger partial charge < -0.3 is 5.73 Å². The van der Waals surface area contributed by atoms with Crippen molar-refractivity contribution in [3.05, 3.63) is 35.1 Å². The highest BCUT2D eigenvalue weighted by molar-refractivity contribution is 7.80. The van der Waals surface area contributed by atoms with E-state index in [9.17, 15) is 14.0 Å². The molecule has 1 aliphatic heterocycles. The maximum atomic E-state index is 13.4. The number of fused-ring (bicyclic) bond motifs is 1. The van der Waals surface area contributed by atoms with E-state index in [1.54, 1.807) is 0 Å². The number of imide groups is 1. The summed E-state index contributed by atoms with van der Waals surface area (Å²) in [7, 11) is 0. The van der Waals surface area contributed by atoms with Crippen LogP contribution in [0.4, 0.5) is 4.39 Å². The van der Waals surface area contributed by atoms with E-state index in [2.05, 4.69) is 0 Å². The van der Waals surface area contributed by atoms with Crippen molar-refractivity contribution in [2.75, 3.05) is 0 Å². The van der Waals surface area contributed by atoms with Gasteiger partial charge in [-0.15, -0.1) is 0 Å². The zero-order valence-electron chi connectivity index (χ0n) is 11.3. The lowest BCUT2D eigenvalue weighted by Gasteiger charge is -2.18. The van der Waals surface area contributed by atoms with Gasteiger partial charge in [0.05, 0.1) is 18.4 Å². The molecule has 1 heterocycles. The third-order valence-electron chi connectivity index (χ3n) is 4.34. The molecule has 1 saturated carbocycles. The third kappa shape index (κ3) is 2.33. The maximum Gasteiger partial charge on any atom is 0.233 e. The molecule has 0 spiro atoms. The number of thiocarbonyl (C=S) groups is 1. The summed E-state index contributed by atoms with van der Waals surface area (Å²) in [5.41, 5.74) is 6.60. The standard InChI is InChI=1S/C15H15FN2O2S/c16-9-4-5-10(13(17)21)8(6-9)7-18-14(19)11-2-1-3-12(11)15(18)20/h4-6,11-12H,1-3,7H2,(H2,17,21). The van der Waals surface area contributed by atoms with Crippen molar-refractivity contribution in [3.63, 3.8) is 0 Å². The Balaban J connectivity index is 1.90. The van der Waals surface area contributed by atoms with E-state index in [-0.39, 0.29) is 35.2 Å². The van der Waals surface area contributed by atoms with Crippen molar-refractivity contribution < 1.29 is 14.0 Å². The van der Waals surface area contributed by atoms with Gasteiger partial charge >= 0.3 is 0 Å². The molecule has 1 aliphatic carbocycles. The van der Waals surface area contributed by atoms with Gasteiger partial charge in [-0.05, 0) is 36.6 Å². The van der Waals surface area contributed by atoms with Gasteiger partial charge in [-0.25, -0.2) is 4.39 Å². The summed E-state index contributed by atoms with van der Waals surface area (Å²) in [6.45, 7) is 0.0368. The van der Waals surface area contributed by atoms with Gasteiger partial charge in [-0.1, -0.05) is 18.6 Å². The van der Waals surface area contributed by atoms with Crippen molar-refractivity contribution in [3.8, 4) is 0 Å². The molecule has 1 aromatic carbocycles. The van der Waals surface area contributed by atoms with Crippen LogP contribution in [0.2, 0.25) is 0 Å². The molecule has 2 fully saturated rings. The Morgan fingerprint density at radius 3 is 2.48 bits per heavy atom. The van der Waals surface area contributed by atoms with E-state index in [1.165, 1.54) is 23.1 Å². The Hall–Kier alpha value is -1.82. The van der Waals surface area contributed by atoms with Gasteiger partial charge in [0.2, 0.25) is 11.8 Å². The Morgan fingerprint density at radius 1 is 1.29 bits per heavy atom. The number of benzene rings is 1. The predicted octanol–water partition coefficient (Wildman–Crippen LogP) is 1.75. The molecule has 0 bridgehead atoms. The average Bonchev–Trinajstić information content (AvgIpc) is 2.99. The van der Waals surface area contributed by atoms with E-state index in [0.717, 1.165) is 19.3 Å². The Morgan fingerprint density at radius 2 is 1.90 bits per heavy atom. The van der Waals surface area contributed by atoms with E-state index < -0.39 is 5.82 Å². The van der Waals surface area contributed by atoms with Gasteiger partial charge in [0.25, 0.3) is 0 Å². The average molecular weight is 306 g/mol. The molecular formula is C15H15FN2O2S. The highest BCUT2D eigenvalue weighted by atomic mass is 32.1. The van der Waals surface area contributed by atoms with E-state index >= 15 is 0 Å². The van der Waals surface area contributed by atoms with Crippen molar-refractivity contribution in [1.29, 1.82) is 0 Å². The van der Waals surface area contributed by atoms with Crippen LogP contribution >= 0.6 is 12.2 Å². The van der Waals surface area contributed by atoms with Crippen LogP contribution in [0.5, 0.6) is 0 Å². The minimum absolute atomic E-state index is 0.0368. The zero-order chi connectivity index (χ0) is 15.1. The SMILES string of the molecule is NC(=S)c1ccc(F)cc1CN1C(=O)C2CCCC2C1=O. The van der Waals surface area contributed by atoms with Crippen molar-refractivity contribution in [2.45, 2.75) is 25.8 Å². The van der Waals surface area contributed by atoms with Gasteiger partial charge in [-0.3, -0.25) is 14.5 Å². The first-order valence-electron chi connectivity index (χ1n) is 6.92. The molecule has 110 valence electrons. The van der Waals surface area contributed by atoms with Gasteiger partial charge in [0, 0.05) is 5.56 Å². The zero-order valence-corrected chi connectivity index (χ0v) is 12.2. The van der Waals surface area contributed by atoms with E-state index in [1.807, 2.05) is 0 Å². The molecule has 1 aromatic rings. The second kappa shape index (κ2) is 5.18. The fraction of sp³-hybridized carbons (Fsp3) is 0.400. The molecule has 3 rings (SSSR count). The smallest absolute Gasteiger partial charge is 0.233 e. The van der Waals surface area contributed by atoms with Crippen molar-refractivity contribution in [2.24, 2.45) is 17.6 Å². The second-order valence-electron chi connectivity index (χ2n) is 5.57. The van der Waals surface area contributed by atoms with E-state index in [4.69, 9.17) is 18.0 Å². The summed E-state index contributed by atoms with van der Waals surface area (Å²) in [6, 6.07) is 4.03. The number of hydrogen-bond acceptors (Lipinski definition) is 3. The van der Waals surface area contributed by atoms with Crippen LogP contribution in [0.3, 0.4) is 0 Å². The summed E-state index contributed by atoms with van der Waals surface area (Å²) in [6.07, 6.45) is 2.44. The number of nitrogens with zero attached hydrogens (tertiary/aromatic N) is 1. The highest BCUT2D eigenvalue weighted by Gasteiger charge is 2.49. The van der Waals surface area contributed by atoms with E-state index in [0.29, 0.717) is 11.1 Å². The predicted molar refractivity (Wildman–Crippen MR) is 78.7 cm³/mol. The lowest BCUT2D eigenvalue weighted by atomic mass is 10.00. The normalized spacial score (nSPS) is 24.5. The number of rotatable bonds is 3. The number of hydrogen-bond donors (Lipinski definition) is 1. The topological polar surface area (TPSA) is 63.4 Å². The fourth-order valence-electron chi connectivity index (χ4n) is 3.32. The number of carbonyl (C=O) groups is 2. The minimum Gasteiger partial charge on any atom is -0.389 e. The molecule has 2 atom stereocenters. The Labute approximate surface area is 127 Å². The maximum absolute atomic E-state index is 13.4. The van der Waals surface area contributed by atoms with Crippen LogP contribution in [-0.4, -0.2) is 21.7 Å². The highest BCUT2D eigenvalue weighted by Crippen LogP contribution is 2.40. The number of halogens is 1. The van der Waals surface area contributed by atoms with Crippen LogP contribution < -0.4 is 5.73 Å². The molecule has 2 amide bonds. The van der Waals surface area contributed by atoms with Gasteiger partial charge in [0.1, 0.15) is 10.8 Å². The second-order valence-corrected chi connectivity index (χ2v) is 6.01. The number of likely N-dealkylation sites (tertiary alicyclic amines) is 1. The largest absolute Gasteiger partial charge is 0.389 e. The molecule has 2 aliphatic rings. The summed E-state index contributed by atoms with van der Waals surface area (Å²) < 4.78 is 13.4. The van der Waals surface area contributed by atoms with Crippen LogP contribution in [0, 0.1) is 17.7 Å². The Bertz CT molecular complexity index is 625. The first-order valence-corrected chi connectivity index (χ1v) is 7.33. The molecular weight excluding hydrogens is 291 g/mol. The van der Waals surface area contributed by atoms with Crippen molar-refractivity contribution in [1.82, 2.24) is 4.90 Å². The first kappa shape index (κ1) is 14.1. The fourth-order valence-corrected chi connectivity index (χ4v) is 3.52. The Kier molecular flexibility index (Phi) is 3.49. The van der Waals surface area contributed by atoms with Crippen molar-refractivity contribution >= 4 is 29.0 Å². The molecule has 2 N–H and O–H groups in total. The number of nitrogens with two attached hydrogens (primary N) is 1. The van der Waals surface area contributed by atoms with Crippen LogP contribution in [-0.2, 0) is 16.1 Å².